The molecule has 2 aromatic heterocycles. The van der Waals surface area contributed by atoms with E-state index in [2.05, 4.69) is 19.9 Å². The van der Waals surface area contributed by atoms with Gasteiger partial charge in [0.25, 0.3) is 5.56 Å². The number of fused-ring (bicyclic) bond motifs is 1. The van der Waals surface area contributed by atoms with E-state index in [0.29, 0.717) is 22.1 Å². The van der Waals surface area contributed by atoms with Gasteiger partial charge in [-0.15, -0.1) is 0 Å². The zero-order valence-corrected chi connectivity index (χ0v) is 11.2. The van der Waals surface area contributed by atoms with Crippen molar-refractivity contribution in [2.75, 3.05) is 0 Å². The number of hydrogen-bond donors (Lipinski definition) is 2. The zero-order chi connectivity index (χ0) is 14.3. The Bertz CT molecular complexity index is 731. The minimum atomic E-state index is -0.944. The molecule has 1 aliphatic rings. The van der Waals surface area contributed by atoms with Crippen LogP contribution in [0.3, 0.4) is 0 Å². The lowest BCUT2D eigenvalue weighted by molar-refractivity contribution is -0.136. The van der Waals surface area contributed by atoms with Crippen LogP contribution < -0.4 is 5.56 Å². The molecule has 8 heteroatoms. The molecule has 0 aliphatic carbocycles. The van der Waals surface area contributed by atoms with Gasteiger partial charge >= 0.3 is 5.97 Å². The highest BCUT2D eigenvalue weighted by molar-refractivity contribution is 8.00. The van der Waals surface area contributed by atoms with Gasteiger partial charge in [-0.1, -0.05) is 18.7 Å². The highest BCUT2D eigenvalue weighted by Gasteiger charge is 2.38. The normalized spacial score (nSPS) is 20.6. The van der Waals surface area contributed by atoms with Gasteiger partial charge < -0.3 is 10.1 Å². The quantitative estimate of drug-likeness (QED) is 0.790. The Labute approximate surface area is 117 Å². The highest BCUT2D eigenvalue weighted by Crippen LogP contribution is 2.42. The van der Waals surface area contributed by atoms with E-state index < -0.39 is 11.2 Å². The van der Waals surface area contributed by atoms with Crippen molar-refractivity contribution in [1.82, 2.24) is 19.9 Å². The van der Waals surface area contributed by atoms with Gasteiger partial charge in [0.15, 0.2) is 5.82 Å². The third-order valence-electron chi connectivity index (χ3n) is 3.12. The van der Waals surface area contributed by atoms with Crippen LogP contribution in [-0.4, -0.2) is 36.3 Å². The molecular weight excluding hydrogens is 280 g/mol. The fraction of sp³-hybridized carbons (Fsp3) is 0.250. The summed E-state index contributed by atoms with van der Waals surface area (Å²) in [5.41, 5.74) is 0.550. The summed E-state index contributed by atoms with van der Waals surface area (Å²) >= 11 is 1.10. The molecule has 0 amide bonds. The Hall–Kier alpha value is -2.22. The van der Waals surface area contributed by atoms with Crippen molar-refractivity contribution in [3.8, 4) is 11.5 Å². The molecule has 0 aromatic carbocycles. The first kappa shape index (κ1) is 12.8. The number of nitrogens with zero attached hydrogens (tertiary/aromatic N) is 3. The van der Waals surface area contributed by atoms with E-state index in [1.807, 2.05) is 0 Å². The lowest BCUT2D eigenvalue weighted by atomic mass is 10.0. The number of aromatic amines is 1. The van der Waals surface area contributed by atoms with Crippen molar-refractivity contribution >= 4 is 17.7 Å². The molecule has 102 valence electrons. The van der Waals surface area contributed by atoms with E-state index in [1.54, 1.807) is 6.92 Å². The van der Waals surface area contributed by atoms with E-state index in [4.69, 9.17) is 5.11 Å². The molecule has 0 saturated heterocycles. The highest BCUT2D eigenvalue weighted by atomic mass is 32.2. The summed E-state index contributed by atoms with van der Waals surface area (Å²) in [5, 5.41) is 8.92. The van der Waals surface area contributed by atoms with Gasteiger partial charge in [-0.3, -0.25) is 14.6 Å². The lowest BCUT2D eigenvalue weighted by Crippen LogP contribution is -2.23. The molecular formula is C12H10N4O3S. The fourth-order valence-corrected chi connectivity index (χ4v) is 3.36. The number of rotatable bonds is 2. The van der Waals surface area contributed by atoms with Crippen LogP contribution >= 0.6 is 11.8 Å². The monoisotopic (exact) mass is 290 g/mol. The van der Waals surface area contributed by atoms with Crippen molar-refractivity contribution in [2.24, 2.45) is 0 Å². The predicted molar refractivity (Wildman–Crippen MR) is 71.6 cm³/mol. The third-order valence-corrected chi connectivity index (χ3v) is 4.52. The first-order valence-corrected chi connectivity index (χ1v) is 6.76. The van der Waals surface area contributed by atoms with Crippen LogP contribution in [-0.2, 0) is 4.79 Å². The number of hydrogen-bond acceptors (Lipinski definition) is 6. The Morgan fingerprint density at radius 1 is 1.45 bits per heavy atom. The Morgan fingerprint density at radius 3 is 2.90 bits per heavy atom. The van der Waals surface area contributed by atoms with Gasteiger partial charge in [-0.25, -0.2) is 9.97 Å². The predicted octanol–water partition coefficient (Wildman–Crippen LogP) is 0.889. The van der Waals surface area contributed by atoms with Crippen molar-refractivity contribution in [3.05, 3.63) is 34.5 Å². The maximum Gasteiger partial charge on any atom is 0.317 e. The largest absolute Gasteiger partial charge is 0.480 e. The summed E-state index contributed by atoms with van der Waals surface area (Å²) < 4.78 is 0. The molecule has 2 unspecified atom stereocenters. The summed E-state index contributed by atoms with van der Waals surface area (Å²) in [6.07, 6.45) is 4.51. The van der Waals surface area contributed by atoms with Crippen LogP contribution in [0.2, 0.25) is 0 Å². The summed E-state index contributed by atoms with van der Waals surface area (Å²) in [6, 6.07) is 0. The third kappa shape index (κ3) is 1.97. The second-order valence-corrected chi connectivity index (χ2v) is 5.52. The van der Waals surface area contributed by atoms with Crippen molar-refractivity contribution in [3.63, 3.8) is 0 Å². The summed E-state index contributed by atoms with van der Waals surface area (Å²) in [4.78, 5) is 38.2. The first-order chi connectivity index (χ1) is 9.58. The second kappa shape index (κ2) is 4.71. The van der Waals surface area contributed by atoms with E-state index in [0.717, 1.165) is 11.8 Å². The van der Waals surface area contributed by atoms with Crippen LogP contribution in [0, 0.1) is 0 Å². The molecule has 0 spiro atoms. The van der Waals surface area contributed by atoms with Crippen LogP contribution in [0.5, 0.6) is 0 Å². The Balaban J connectivity index is 2.11. The van der Waals surface area contributed by atoms with Crippen LogP contribution in [0.15, 0.2) is 28.4 Å². The molecule has 0 fully saturated rings. The maximum atomic E-state index is 12.1. The number of H-pyrrole nitrogens is 1. The van der Waals surface area contributed by atoms with Gasteiger partial charge in [0.2, 0.25) is 0 Å². The molecule has 3 rings (SSSR count). The van der Waals surface area contributed by atoms with Gasteiger partial charge in [-0.05, 0) is 0 Å². The SMILES string of the molecule is CC1c2c(nc(-c3cnccn3)[nH]c2=O)SC1C(=O)O. The topological polar surface area (TPSA) is 109 Å². The van der Waals surface area contributed by atoms with Gasteiger partial charge in [0, 0.05) is 18.3 Å². The van der Waals surface area contributed by atoms with E-state index in [9.17, 15) is 9.59 Å². The number of nitrogens with one attached hydrogen (secondary N) is 1. The summed E-state index contributed by atoms with van der Waals surface area (Å²) in [6.45, 7) is 1.72. The van der Waals surface area contributed by atoms with Crippen molar-refractivity contribution in [2.45, 2.75) is 23.1 Å². The van der Waals surface area contributed by atoms with Crippen LogP contribution in [0.25, 0.3) is 11.5 Å². The number of carboxylic acid groups (broad SMARTS) is 1. The first-order valence-electron chi connectivity index (χ1n) is 5.88. The molecule has 0 radical (unpaired) electrons. The average molecular weight is 290 g/mol. The molecule has 7 nitrogen and oxygen atoms in total. The minimum Gasteiger partial charge on any atom is -0.480 e. The fourth-order valence-electron chi connectivity index (χ4n) is 2.13. The number of thioether (sulfide) groups is 1. The molecule has 0 bridgehead atoms. The van der Waals surface area contributed by atoms with E-state index in [-0.39, 0.29) is 11.5 Å². The molecule has 2 N–H and O–H groups in total. The smallest absolute Gasteiger partial charge is 0.317 e. The second-order valence-electron chi connectivity index (χ2n) is 4.39. The molecule has 0 saturated carbocycles. The van der Waals surface area contributed by atoms with Crippen molar-refractivity contribution < 1.29 is 9.90 Å². The van der Waals surface area contributed by atoms with Gasteiger partial charge in [0.1, 0.15) is 16.0 Å². The minimum absolute atomic E-state index is 0.299. The number of carbonyl (C=O) groups is 1. The van der Waals surface area contributed by atoms with E-state index >= 15 is 0 Å². The molecule has 1 aliphatic heterocycles. The standard InChI is InChI=1S/C12H10N4O3S/c1-5-7-10(17)15-9(6-4-13-2-3-14-6)16-11(7)20-8(5)12(18)19/h2-5,8H,1H3,(H,18,19)(H,15,16,17). The molecule has 2 atom stereocenters. The van der Waals surface area contributed by atoms with Crippen LogP contribution in [0.1, 0.15) is 18.4 Å². The van der Waals surface area contributed by atoms with Crippen molar-refractivity contribution in [1.29, 1.82) is 0 Å². The molecule has 3 heterocycles. The van der Waals surface area contributed by atoms with Gasteiger partial charge in [0.05, 0.1) is 11.8 Å². The summed E-state index contributed by atoms with van der Waals surface area (Å²) in [7, 11) is 0. The molecule has 20 heavy (non-hydrogen) atoms. The summed E-state index contributed by atoms with van der Waals surface area (Å²) in [5.74, 6) is -1.02. The number of aliphatic carboxylic acids is 1. The lowest BCUT2D eigenvalue weighted by Gasteiger charge is -2.07. The van der Waals surface area contributed by atoms with Crippen LogP contribution in [0.4, 0.5) is 0 Å². The Morgan fingerprint density at radius 2 is 2.25 bits per heavy atom. The van der Waals surface area contributed by atoms with E-state index in [1.165, 1.54) is 18.6 Å². The van der Waals surface area contributed by atoms with Gasteiger partial charge in [-0.2, -0.15) is 0 Å². The zero-order valence-electron chi connectivity index (χ0n) is 10.4. The molecule has 2 aromatic rings. The average Bonchev–Trinajstić information content (AvgIpc) is 2.77. The number of carboxylic acids is 1. The maximum absolute atomic E-state index is 12.1. The number of aromatic nitrogens is 4. The Kier molecular flexibility index (Phi) is 3.01.